The Morgan fingerprint density at radius 3 is 2.39 bits per heavy atom. The Kier molecular flexibility index (Phi) is 8.02. The van der Waals surface area contributed by atoms with E-state index in [1.807, 2.05) is 30.3 Å². The molecule has 0 aliphatic rings. The average molecular weight is 448 g/mol. The highest BCUT2D eigenvalue weighted by molar-refractivity contribution is 5.97. The number of hydrogen-bond donors (Lipinski definition) is 2. The smallest absolute Gasteiger partial charge is 0.338 e. The Morgan fingerprint density at radius 1 is 0.879 bits per heavy atom. The van der Waals surface area contributed by atoms with Crippen molar-refractivity contribution in [3.05, 3.63) is 83.9 Å². The zero-order valence-electron chi connectivity index (χ0n) is 18.3. The molecule has 2 N–H and O–H groups in total. The number of benzene rings is 3. The summed E-state index contributed by atoms with van der Waals surface area (Å²) >= 11 is 0. The first-order chi connectivity index (χ1) is 15.9. The van der Waals surface area contributed by atoms with Crippen molar-refractivity contribution >= 4 is 29.2 Å². The van der Waals surface area contributed by atoms with Gasteiger partial charge in [0.25, 0.3) is 5.91 Å². The Hall–Kier alpha value is -4.33. The van der Waals surface area contributed by atoms with Crippen LogP contribution in [0.4, 0.5) is 11.4 Å². The zero-order valence-corrected chi connectivity index (χ0v) is 18.3. The van der Waals surface area contributed by atoms with Crippen molar-refractivity contribution in [2.75, 3.05) is 24.4 Å². The molecule has 0 heterocycles. The van der Waals surface area contributed by atoms with Crippen molar-refractivity contribution in [2.24, 2.45) is 0 Å². The maximum Gasteiger partial charge on any atom is 0.338 e. The third-order valence-electron chi connectivity index (χ3n) is 4.45. The van der Waals surface area contributed by atoms with Crippen LogP contribution in [0.2, 0.25) is 0 Å². The van der Waals surface area contributed by atoms with Crippen LogP contribution in [-0.2, 0) is 20.9 Å². The van der Waals surface area contributed by atoms with Crippen LogP contribution >= 0.6 is 0 Å². The van der Waals surface area contributed by atoms with E-state index in [0.717, 1.165) is 5.56 Å². The second-order valence-electron chi connectivity index (χ2n) is 7.02. The molecule has 0 aliphatic carbocycles. The van der Waals surface area contributed by atoms with E-state index in [9.17, 15) is 14.4 Å². The topological polar surface area (TPSA) is 103 Å². The Morgan fingerprint density at radius 2 is 1.67 bits per heavy atom. The summed E-state index contributed by atoms with van der Waals surface area (Å²) in [6.45, 7) is 1.24. The lowest BCUT2D eigenvalue weighted by molar-refractivity contribution is -0.119. The van der Waals surface area contributed by atoms with E-state index in [1.54, 1.807) is 42.5 Å². The SMILES string of the molecule is COc1ccc(NC(C)=O)cc1NC(=O)COC(=O)c1cccc(OCc2ccccc2)c1. The largest absolute Gasteiger partial charge is 0.495 e. The highest BCUT2D eigenvalue weighted by Crippen LogP contribution is 2.28. The van der Waals surface area contributed by atoms with Crippen molar-refractivity contribution < 1.29 is 28.6 Å². The Balaban J connectivity index is 1.56. The normalized spacial score (nSPS) is 10.1. The molecule has 0 radical (unpaired) electrons. The minimum Gasteiger partial charge on any atom is -0.495 e. The fourth-order valence-corrected chi connectivity index (χ4v) is 2.94. The van der Waals surface area contributed by atoms with Gasteiger partial charge in [-0.25, -0.2) is 4.79 Å². The van der Waals surface area contributed by atoms with Gasteiger partial charge in [0.2, 0.25) is 5.91 Å². The Bertz CT molecular complexity index is 1130. The lowest BCUT2D eigenvalue weighted by atomic mass is 10.2. The summed E-state index contributed by atoms with van der Waals surface area (Å²) in [5.74, 6) is -0.557. The van der Waals surface area contributed by atoms with Crippen LogP contribution < -0.4 is 20.1 Å². The van der Waals surface area contributed by atoms with Crippen LogP contribution in [0, 0.1) is 0 Å². The molecular formula is C25H24N2O6. The van der Waals surface area contributed by atoms with Gasteiger partial charge in [-0.2, -0.15) is 0 Å². The molecule has 3 aromatic rings. The van der Waals surface area contributed by atoms with Crippen molar-refractivity contribution in [1.29, 1.82) is 0 Å². The average Bonchev–Trinajstić information content (AvgIpc) is 2.82. The number of methoxy groups -OCH3 is 1. The Labute approximate surface area is 191 Å². The highest BCUT2D eigenvalue weighted by Gasteiger charge is 2.14. The van der Waals surface area contributed by atoms with Crippen LogP contribution in [0.1, 0.15) is 22.8 Å². The molecule has 0 aromatic heterocycles. The minimum absolute atomic E-state index is 0.249. The van der Waals surface area contributed by atoms with E-state index in [1.165, 1.54) is 14.0 Å². The molecule has 0 fully saturated rings. The summed E-state index contributed by atoms with van der Waals surface area (Å²) in [5.41, 5.74) is 2.09. The van der Waals surface area contributed by atoms with E-state index in [4.69, 9.17) is 14.2 Å². The number of anilines is 2. The van der Waals surface area contributed by atoms with Gasteiger partial charge >= 0.3 is 5.97 Å². The molecule has 0 spiro atoms. The van der Waals surface area contributed by atoms with Crippen LogP contribution in [0.15, 0.2) is 72.8 Å². The monoisotopic (exact) mass is 448 g/mol. The van der Waals surface area contributed by atoms with E-state index >= 15 is 0 Å². The zero-order chi connectivity index (χ0) is 23.6. The molecule has 3 rings (SSSR count). The molecule has 3 aromatic carbocycles. The minimum atomic E-state index is -0.658. The second-order valence-corrected chi connectivity index (χ2v) is 7.02. The first kappa shape index (κ1) is 23.3. The number of nitrogens with one attached hydrogen (secondary N) is 2. The predicted octanol–water partition coefficient (Wildman–Crippen LogP) is 4.03. The third-order valence-corrected chi connectivity index (χ3v) is 4.45. The fourth-order valence-electron chi connectivity index (χ4n) is 2.94. The summed E-state index contributed by atoms with van der Waals surface area (Å²) in [7, 11) is 1.45. The van der Waals surface area contributed by atoms with Crippen LogP contribution in [0.5, 0.6) is 11.5 Å². The fraction of sp³-hybridized carbons (Fsp3) is 0.160. The van der Waals surface area contributed by atoms with Gasteiger partial charge in [0, 0.05) is 12.6 Å². The number of ether oxygens (including phenoxy) is 3. The van der Waals surface area contributed by atoms with E-state index in [0.29, 0.717) is 29.5 Å². The second kappa shape index (κ2) is 11.3. The number of carbonyl (C=O) groups excluding carboxylic acids is 3. The van der Waals surface area contributed by atoms with Crippen LogP contribution in [0.25, 0.3) is 0 Å². The molecule has 0 saturated heterocycles. The molecule has 0 unspecified atom stereocenters. The molecule has 33 heavy (non-hydrogen) atoms. The van der Waals surface area contributed by atoms with E-state index in [-0.39, 0.29) is 11.5 Å². The van der Waals surface area contributed by atoms with Gasteiger partial charge in [0.15, 0.2) is 6.61 Å². The highest BCUT2D eigenvalue weighted by atomic mass is 16.5. The predicted molar refractivity (Wildman–Crippen MR) is 123 cm³/mol. The number of amides is 2. The molecule has 0 aliphatic heterocycles. The quantitative estimate of drug-likeness (QED) is 0.479. The molecule has 2 amide bonds. The number of carbonyl (C=O) groups is 3. The van der Waals surface area contributed by atoms with Gasteiger partial charge in [-0.3, -0.25) is 9.59 Å². The van der Waals surface area contributed by atoms with Crippen LogP contribution in [-0.4, -0.2) is 31.5 Å². The molecule has 0 saturated carbocycles. The number of esters is 1. The van der Waals surface area contributed by atoms with Crippen molar-refractivity contribution in [2.45, 2.75) is 13.5 Å². The summed E-state index contributed by atoms with van der Waals surface area (Å²) in [5, 5.41) is 5.24. The molecule has 8 nitrogen and oxygen atoms in total. The molecule has 170 valence electrons. The van der Waals surface area contributed by atoms with Gasteiger partial charge in [0.1, 0.15) is 18.1 Å². The van der Waals surface area contributed by atoms with Gasteiger partial charge in [-0.05, 0) is 42.0 Å². The molecular weight excluding hydrogens is 424 g/mol. The molecule has 8 heteroatoms. The maximum atomic E-state index is 12.4. The summed E-state index contributed by atoms with van der Waals surface area (Å²) in [6, 6.07) is 21.0. The summed E-state index contributed by atoms with van der Waals surface area (Å²) in [4.78, 5) is 36.0. The molecule has 0 bridgehead atoms. The lowest BCUT2D eigenvalue weighted by Crippen LogP contribution is -2.21. The van der Waals surface area contributed by atoms with Gasteiger partial charge in [-0.15, -0.1) is 0 Å². The number of rotatable bonds is 9. The summed E-state index contributed by atoms with van der Waals surface area (Å²) < 4.78 is 16.1. The van der Waals surface area contributed by atoms with Gasteiger partial charge in [-0.1, -0.05) is 36.4 Å². The standard InChI is InChI=1S/C25H24N2O6/c1-17(28)26-20-11-12-23(31-2)22(14-20)27-24(29)16-33-25(30)19-9-6-10-21(13-19)32-15-18-7-4-3-5-8-18/h3-14H,15-16H2,1-2H3,(H,26,28)(H,27,29). The van der Waals surface area contributed by atoms with E-state index < -0.39 is 18.5 Å². The van der Waals surface area contributed by atoms with Crippen LogP contribution in [0.3, 0.4) is 0 Å². The number of hydrogen-bond acceptors (Lipinski definition) is 6. The van der Waals surface area contributed by atoms with Crippen molar-refractivity contribution in [3.63, 3.8) is 0 Å². The molecule has 0 atom stereocenters. The van der Waals surface area contributed by atoms with Gasteiger partial charge < -0.3 is 24.8 Å². The van der Waals surface area contributed by atoms with Crippen molar-refractivity contribution in [3.8, 4) is 11.5 Å². The lowest BCUT2D eigenvalue weighted by Gasteiger charge is -2.13. The van der Waals surface area contributed by atoms with Gasteiger partial charge in [0.05, 0.1) is 18.4 Å². The van der Waals surface area contributed by atoms with Crippen molar-refractivity contribution in [1.82, 2.24) is 0 Å². The third kappa shape index (κ3) is 7.10. The van der Waals surface area contributed by atoms with E-state index in [2.05, 4.69) is 10.6 Å². The maximum absolute atomic E-state index is 12.4. The summed E-state index contributed by atoms with van der Waals surface area (Å²) in [6.07, 6.45) is 0. The first-order valence-corrected chi connectivity index (χ1v) is 10.1. The first-order valence-electron chi connectivity index (χ1n) is 10.1.